The molecule has 1 aliphatic heterocycles. The molecule has 0 aliphatic carbocycles. The molecule has 1 unspecified atom stereocenters. The topological polar surface area (TPSA) is 63.5 Å². The van der Waals surface area contributed by atoms with Crippen LogP contribution in [0.5, 0.6) is 5.75 Å². The molecule has 23 heavy (non-hydrogen) atoms. The summed E-state index contributed by atoms with van der Waals surface area (Å²) in [5.74, 6) is 1.78. The normalized spacial score (nSPS) is 16.2. The SMILES string of the molecule is CN=C(NCCn1cccn1)NCC1Cc2ccccc2O1.I. The van der Waals surface area contributed by atoms with E-state index < -0.39 is 0 Å². The molecule has 0 bridgehead atoms. The van der Waals surface area contributed by atoms with Crippen LogP contribution in [0.3, 0.4) is 0 Å². The Bertz CT molecular complexity index is 604. The average Bonchev–Trinajstić information content (AvgIpc) is 3.19. The molecule has 2 heterocycles. The van der Waals surface area contributed by atoms with Crippen molar-refractivity contribution in [3.05, 3.63) is 48.3 Å². The number of para-hydroxylation sites is 1. The lowest BCUT2D eigenvalue weighted by molar-refractivity contribution is 0.235. The van der Waals surface area contributed by atoms with Crippen molar-refractivity contribution in [2.45, 2.75) is 19.1 Å². The van der Waals surface area contributed by atoms with E-state index in [0.29, 0.717) is 0 Å². The molecule has 0 amide bonds. The molecule has 0 fully saturated rings. The number of halogens is 1. The lowest BCUT2D eigenvalue weighted by Crippen LogP contribution is -2.43. The average molecular weight is 427 g/mol. The fraction of sp³-hybridized carbons (Fsp3) is 0.375. The van der Waals surface area contributed by atoms with Crippen molar-refractivity contribution < 1.29 is 4.74 Å². The van der Waals surface area contributed by atoms with Crippen LogP contribution >= 0.6 is 24.0 Å². The zero-order valence-corrected chi connectivity index (χ0v) is 15.4. The van der Waals surface area contributed by atoms with Gasteiger partial charge in [-0.2, -0.15) is 5.10 Å². The zero-order chi connectivity index (χ0) is 15.2. The second-order valence-corrected chi connectivity index (χ2v) is 5.20. The second-order valence-electron chi connectivity index (χ2n) is 5.20. The van der Waals surface area contributed by atoms with Gasteiger partial charge in [0.25, 0.3) is 0 Å². The molecule has 0 saturated heterocycles. The van der Waals surface area contributed by atoms with Gasteiger partial charge in [-0.1, -0.05) is 18.2 Å². The van der Waals surface area contributed by atoms with Crippen LogP contribution in [0.15, 0.2) is 47.7 Å². The van der Waals surface area contributed by atoms with Crippen LogP contribution in [0.2, 0.25) is 0 Å². The number of fused-ring (bicyclic) bond motifs is 1. The summed E-state index contributed by atoms with van der Waals surface area (Å²) in [6.45, 7) is 2.31. The van der Waals surface area contributed by atoms with Gasteiger partial charge in [0.05, 0.1) is 13.1 Å². The number of rotatable bonds is 5. The van der Waals surface area contributed by atoms with Gasteiger partial charge in [0.15, 0.2) is 5.96 Å². The maximum atomic E-state index is 5.91. The number of hydrogen-bond donors (Lipinski definition) is 2. The van der Waals surface area contributed by atoms with Crippen molar-refractivity contribution >= 4 is 29.9 Å². The van der Waals surface area contributed by atoms with E-state index in [4.69, 9.17) is 4.74 Å². The molecular formula is C16H22IN5O. The summed E-state index contributed by atoms with van der Waals surface area (Å²) < 4.78 is 7.79. The van der Waals surface area contributed by atoms with Crippen LogP contribution in [0, 0.1) is 0 Å². The van der Waals surface area contributed by atoms with Gasteiger partial charge >= 0.3 is 0 Å². The van der Waals surface area contributed by atoms with Gasteiger partial charge in [0.1, 0.15) is 11.9 Å². The third kappa shape index (κ3) is 4.85. The third-order valence-corrected chi connectivity index (χ3v) is 3.63. The highest BCUT2D eigenvalue weighted by Gasteiger charge is 2.22. The summed E-state index contributed by atoms with van der Waals surface area (Å²) in [5.41, 5.74) is 1.27. The fourth-order valence-corrected chi connectivity index (χ4v) is 2.52. The standard InChI is InChI=1S/C16H21N5O.HI/c1-17-16(18-8-10-21-9-4-7-20-21)19-12-14-11-13-5-2-3-6-15(13)22-14;/h2-7,9,14H,8,10-12H2,1H3,(H2,17,18,19);1H. The van der Waals surface area contributed by atoms with Gasteiger partial charge in [-0.05, 0) is 17.7 Å². The summed E-state index contributed by atoms with van der Waals surface area (Å²) in [5, 5.41) is 10.8. The number of aromatic nitrogens is 2. The van der Waals surface area contributed by atoms with Crippen molar-refractivity contribution in [1.29, 1.82) is 0 Å². The van der Waals surface area contributed by atoms with E-state index in [2.05, 4.69) is 26.8 Å². The molecule has 0 spiro atoms. The number of hydrogen-bond acceptors (Lipinski definition) is 3. The van der Waals surface area contributed by atoms with Crippen LogP contribution in [-0.2, 0) is 13.0 Å². The Balaban J connectivity index is 0.00000192. The summed E-state index contributed by atoms with van der Waals surface area (Å²) in [4.78, 5) is 4.23. The lowest BCUT2D eigenvalue weighted by Gasteiger charge is -2.15. The van der Waals surface area contributed by atoms with E-state index in [0.717, 1.165) is 37.8 Å². The van der Waals surface area contributed by atoms with Gasteiger partial charge in [0, 0.05) is 32.4 Å². The Morgan fingerprint density at radius 2 is 2.22 bits per heavy atom. The van der Waals surface area contributed by atoms with Gasteiger partial charge in [-0.15, -0.1) is 24.0 Å². The first-order chi connectivity index (χ1) is 10.8. The Kier molecular flexibility index (Phi) is 6.69. The Morgan fingerprint density at radius 1 is 1.35 bits per heavy atom. The minimum atomic E-state index is 0. The predicted octanol–water partition coefficient (Wildman–Crippen LogP) is 1.67. The number of nitrogens with one attached hydrogen (secondary N) is 2. The van der Waals surface area contributed by atoms with Crippen LogP contribution in [0.1, 0.15) is 5.56 Å². The second kappa shape index (κ2) is 8.76. The predicted molar refractivity (Wildman–Crippen MR) is 102 cm³/mol. The molecule has 1 aliphatic rings. The number of benzene rings is 1. The van der Waals surface area contributed by atoms with Crippen molar-refractivity contribution in [3.63, 3.8) is 0 Å². The van der Waals surface area contributed by atoms with Crippen molar-refractivity contribution in [2.75, 3.05) is 20.1 Å². The first-order valence-corrected chi connectivity index (χ1v) is 7.51. The van der Waals surface area contributed by atoms with Gasteiger partial charge in [-0.3, -0.25) is 9.67 Å². The van der Waals surface area contributed by atoms with Crippen molar-refractivity contribution in [2.24, 2.45) is 4.99 Å². The third-order valence-electron chi connectivity index (χ3n) is 3.63. The Labute approximate surface area is 153 Å². The highest BCUT2D eigenvalue weighted by Crippen LogP contribution is 2.27. The van der Waals surface area contributed by atoms with Crippen LogP contribution in [0.25, 0.3) is 0 Å². The molecule has 2 aromatic rings. The Morgan fingerprint density at radius 3 is 2.96 bits per heavy atom. The van der Waals surface area contributed by atoms with E-state index >= 15 is 0 Å². The number of nitrogens with zero attached hydrogens (tertiary/aromatic N) is 3. The van der Waals surface area contributed by atoms with Crippen LogP contribution in [0.4, 0.5) is 0 Å². The molecule has 3 rings (SSSR count). The Hall–Kier alpha value is -1.77. The molecule has 0 radical (unpaired) electrons. The first-order valence-electron chi connectivity index (χ1n) is 7.51. The molecule has 1 aromatic heterocycles. The molecular weight excluding hydrogens is 405 g/mol. The maximum absolute atomic E-state index is 5.91. The summed E-state index contributed by atoms with van der Waals surface area (Å²) in [6, 6.07) is 10.1. The van der Waals surface area contributed by atoms with Crippen molar-refractivity contribution in [1.82, 2.24) is 20.4 Å². The summed E-state index contributed by atoms with van der Waals surface area (Å²) >= 11 is 0. The molecule has 124 valence electrons. The summed E-state index contributed by atoms with van der Waals surface area (Å²) in [7, 11) is 1.77. The monoisotopic (exact) mass is 427 g/mol. The maximum Gasteiger partial charge on any atom is 0.191 e. The van der Waals surface area contributed by atoms with Gasteiger partial charge in [-0.25, -0.2) is 0 Å². The minimum absolute atomic E-state index is 0. The van der Waals surface area contributed by atoms with E-state index in [1.54, 1.807) is 13.2 Å². The number of aliphatic imine (C=N–C) groups is 1. The first kappa shape index (κ1) is 17.6. The largest absolute Gasteiger partial charge is 0.488 e. The number of ether oxygens (including phenoxy) is 1. The van der Waals surface area contributed by atoms with E-state index in [9.17, 15) is 0 Å². The zero-order valence-electron chi connectivity index (χ0n) is 13.1. The van der Waals surface area contributed by atoms with E-state index in [1.807, 2.05) is 35.1 Å². The van der Waals surface area contributed by atoms with Crippen molar-refractivity contribution in [3.8, 4) is 5.75 Å². The molecule has 2 N–H and O–H groups in total. The van der Waals surface area contributed by atoms with E-state index in [1.165, 1.54) is 5.56 Å². The van der Waals surface area contributed by atoms with Gasteiger partial charge < -0.3 is 15.4 Å². The lowest BCUT2D eigenvalue weighted by atomic mass is 10.1. The fourth-order valence-electron chi connectivity index (χ4n) is 2.52. The molecule has 1 atom stereocenters. The number of guanidine groups is 1. The molecule has 1 aromatic carbocycles. The highest BCUT2D eigenvalue weighted by molar-refractivity contribution is 14.0. The van der Waals surface area contributed by atoms with Crippen LogP contribution in [-0.4, -0.2) is 42.0 Å². The highest BCUT2D eigenvalue weighted by atomic mass is 127. The van der Waals surface area contributed by atoms with Gasteiger partial charge in [0.2, 0.25) is 0 Å². The summed E-state index contributed by atoms with van der Waals surface area (Å²) in [6.07, 6.45) is 4.82. The minimum Gasteiger partial charge on any atom is -0.488 e. The molecule has 7 heteroatoms. The van der Waals surface area contributed by atoms with E-state index in [-0.39, 0.29) is 30.1 Å². The molecule has 6 nitrogen and oxygen atoms in total. The quantitative estimate of drug-likeness (QED) is 0.433. The smallest absolute Gasteiger partial charge is 0.191 e. The van der Waals surface area contributed by atoms with Crippen LogP contribution < -0.4 is 15.4 Å². The molecule has 0 saturated carbocycles.